The Labute approximate surface area is 490 Å². The van der Waals surface area contributed by atoms with Crippen LogP contribution in [0.1, 0.15) is 120 Å². The number of nitrogens with zero attached hydrogens (tertiary/aromatic N) is 9. The minimum atomic E-state index is -1.52. The molecule has 1 N–H and O–H groups in total. The molecule has 0 saturated carbocycles. The van der Waals surface area contributed by atoms with Gasteiger partial charge in [-0.3, -0.25) is 0 Å². The van der Waals surface area contributed by atoms with E-state index < -0.39 is 48.2 Å². The molecule has 2 fully saturated rings. The largest absolute Gasteiger partial charge is 2.00 e. The minimum absolute atomic E-state index is 0. The number of anilines is 2. The van der Waals surface area contributed by atoms with Gasteiger partial charge in [0.15, 0.2) is 0 Å². The number of carbonyl (C=O) groups excluding carboxylic acids is 2. The van der Waals surface area contributed by atoms with Crippen LogP contribution < -0.4 is 31.5 Å². The van der Waals surface area contributed by atoms with Crippen molar-refractivity contribution in [3.05, 3.63) is 115 Å². The first-order valence-electron chi connectivity index (χ1n) is 22.9. The SMILES string of the molecule is C.CC(C)(C)OC(=O)N1CCN(c2ncc(C(=N[S@@](=O)C(C)(C)C)c3ccc(F)cc3)cn2)CC1.CC(C)(C)OC(=O)N1CCN(c2ncc(C(C)(N[S@@](=O)C(C)(C)C)c3ccc(F)cc3)cn2)CC1.S.S.[Br-].[CH3-].[Mg+2]. The molecule has 0 spiro atoms. The fraction of sp³-hybridized carbons (Fsp3) is 0.529. The molecule has 2 aliphatic heterocycles. The smallest absolute Gasteiger partial charge is 1.00 e. The van der Waals surface area contributed by atoms with Crippen LogP contribution >= 0.6 is 27.0 Å². The molecule has 24 heteroatoms. The third kappa shape index (κ3) is 21.7. The van der Waals surface area contributed by atoms with Crippen LogP contribution in [0.3, 0.4) is 0 Å². The van der Waals surface area contributed by atoms with Gasteiger partial charge >= 0.3 is 35.2 Å². The summed E-state index contributed by atoms with van der Waals surface area (Å²) < 4.78 is 70.3. The predicted octanol–water partition coefficient (Wildman–Crippen LogP) is 5.90. The summed E-state index contributed by atoms with van der Waals surface area (Å²) in [7, 11) is -2.92. The molecule has 4 heterocycles. The van der Waals surface area contributed by atoms with Crippen LogP contribution in [0, 0.1) is 19.1 Å². The molecule has 416 valence electrons. The Bertz CT molecular complexity index is 2460. The molecule has 2 aromatic carbocycles. The third-order valence-corrected chi connectivity index (χ3v) is 13.7. The van der Waals surface area contributed by atoms with E-state index in [1.54, 1.807) is 58.9 Å². The van der Waals surface area contributed by atoms with Crippen LogP contribution in [0.2, 0.25) is 0 Å². The van der Waals surface area contributed by atoms with E-state index in [-0.39, 0.29) is 106 Å². The number of hydrogen-bond acceptors (Lipinski definition) is 12. The van der Waals surface area contributed by atoms with Gasteiger partial charge in [-0.15, -0.1) is 0 Å². The normalized spacial score (nSPS) is 15.6. The molecule has 2 amide bonds. The first-order valence-corrected chi connectivity index (χ1v) is 25.1. The van der Waals surface area contributed by atoms with E-state index in [1.165, 1.54) is 24.3 Å². The van der Waals surface area contributed by atoms with Gasteiger partial charge in [-0.1, -0.05) is 19.6 Å². The van der Waals surface area contributed by atoms with Gasteiger partial charge in [-0.05, 0) is 132 Å². The maximum Gasteiger partial charge on any atom is 2.00 e. The summed E-state index contributed by atoms with van der Waals surface area (Å²) in [5.41, 5.74) is 1.13. The zero-order valence-corrected chi connectivity index (χ0v) is 51.9. The standard InChI is InChI=1S/C25H36FN5O3S.C24H32FN5O3S.CH4.CH3.BrH.Mg.2H2S/c1-23(2,3)34-22(32)31-14-12-30(13-15-31)21-27-16-19(17-28-21)25(7,29-35(33)24(4,5)6)18-8-10-20(26)11-9-18;1-23(2,3)33-22(31)30-13-11-29(12-14-30)21-26-15-18(16-27-21)20(28-34(32)24(4,5)6)17-7-9-19(25)10-8-17;;;;;;/h8-11,16-17,29H,12-15H2,1-7H3;7-10,15-16H,11-14H2,1-6H3;1H4;1H3;1H;;2*1H2/q;;;-1;;+2;;/p-1/t25?,35-;34-;;;;;;/m00....../s1. The molecular weight excluding hydrogens is 1120 g/mol. The number of hydrogen-bond donors (Lipinski definition) is 1. The quantitative estimate of drug-likeness (QED) is 0.120. The molecule has 75 heavy (non-hydrogen) atoms. The van der Waals surface area contributed by atoms with E-state index in [4.69, 9.17) is 9.47 Å². The topological polar surface area (TPSA) is 176 Å². The second-order valence-electron chi connectivity index (χ2n) is 20.9. The first-order chi connectivity index (χ1) is 32.0. The van der Waals surface area contributed by atoms with Crippen molar-refractivity contribution in [3.63, 3.8) is 0 Å². The van der Waals surface area contributed by atoms with Crippen LogP contribution in [0.15, 0.2) is 77.7 Å². The van der Waals surface area contributed by atoms with Crippen molar-refractivity contribution in [1.29, 1.82) is 0 Å². The first kappa shape index (κ1) is 73.5. The van der Waals surface area contributed by atoms with E-state index in [0.29, 0.717) is 86.7 Å². The minimum Gasteiger partial charge on any atom is -1.00 e. The number of amides is 2. The molecule has 0 radical (unpaired) electrons. The van der Waals surface area contributed by atoms with E-state index in [9.17, 15) is 26.8 Å². The Hall–Kier alpha value is -3.52. The van der Waals surface area contributed by atoms with Gasteiger partial charge in [0, 0.05) is 93.8 Å². The van der Waals surface area contributed by atoms with E-state index in [1.807, 2.05) is 99.8 Å². The van der Waals surface area contributed by atoms with Gasteiger partial charge in [0.2, 0.25) is 11.9 Å². The maximum absolute atomic E-state index is 13.6. The molecule has 2 aromatic heterocycles. The van der Waals surface area contributed by atoms with Gasteiger partial charge in [-0.25, -0.2) is 51.4 Å². The van der Waals surface area contributed by atoms with Crippen molar-refractivity contribution in [2.24, 2.45) is 4.40 Å². The molecule has 6 rings (SSSR count). The molecule has 0 bridgehead atoms. The number of aromatic nitrogens is 4. The van der Waals surface area contributed by atoms with Gasteiger partial charge in [-0.2, -0.15) is 31.4 Å². The maximum atomic E-state index is 13.6. The molecule has 1 unspecified atom stereocenters. The number of carbonyl (C=O) groups is 2. The van der Waals surface area contributed by atoms with Crippen LogP contribution in [0.25, 0.3) is 0 Å². The number of benzene rings is 2. The van der Waals surface area contributed by atoms with E-state index in [2.05, 4.69) is 29.1 Å². The predicted molar refractivity (Wildman–Crippen MR) is 308 cm³/mol. The second-order valence-corrected chi connectivity index (χ2v) is 24.7. The van der Waals surface area contributed by atoms with Crippen LogP contribution in [0.4, 0.5) is 30.3 Å². The molecule has 3 atom stereocenters. The number of halogens is 3. The Morgan fingerprint density at radius 3 is 1.28 bits per heavy atom. The van der Waals surface area contributed by atoms with Gasteiger partial charge < -0.3 is 53.5 Å². The van der Waals surface area contributed by atoms with Gasteiger partial charge in [0.05, 0.1) is 31.7 Å². The molecule has 4 aromatic rings. The van der Waals surface area contributed by atoms with Gasteiger partial charge in [0.1, 0.15) is 33.8 Å². The molecule has 16 nitrogen and oxygen atoms in total. The van der Waals surface area contributed by atoms with Crippen molar-refractivity contribution in [2.45, 2.75) is 124 Å². The summed E-state index contributed by atoms with van der Waals surface area (Å²) in [5, 5.41) is 0. The second kappa shape index (κ2) is 30.6. The van der Waals surface area contributed by atoms with E-state index in [0.717, 1.165) is 5.56 Å². The van der Waals surface area contributed by atoms with Crippen molar-refractivity contribution >= 4 is 102 Å². The van der Waals surface area contributed by atoms with E-state index >= 15 is 0 Å². The Morgan fingerprint density at radius 1 is 0.573 bits per heavy atom. The molecule has 0 aliphatic carbocycles. The third-order valence-electron chi connectivity index (χ3n) is 10.6. The van der Waals surface area contributed by atoms with Crippen LogP contribution in [-0.4, -0.2) is 152 Å². The summed E-state index contributed by atoms with van der Waals surface area (Å²) >= 11 is 0. The average Bonchev–Trinajstić information content (AvgIpc) is 3.27. The Kier molecular flexibility index (Phi) is 30.0. The van der Waals surface area contributed by atoms with Crippen LogP contribution in [-0.2, 0) is 37.0 Å². The van der Waals surface area contributed by atoms with Crippen molar-refractivity contribution in [2.75, 3.05) is 62.2 Å². The fourth-order valence-corrected chi connectivity index (χ4v) is 8.25. The Balaban J connectivity index is 0. The Morgan fingerprint density at radius 2 is 0.933 bits per heavy atom. The summed E-state index contributed by atoms with van der Waals surface area (Å²) in [5.74, 6) is 0.376. The van der Waals surface area contributed by atoms with Crippen LogP contribution in [0.5, 0.6) is 0 Å². The van der Waals surface area contributed by atoms with Crippen molar-refractivity contribution in [3.8, 4) is 0 Å². The summed E-state index contributed by atoms with van der Waals surface area (Å²) in [6, 6.07) is 12.0. The zero-order chi connectivity index (χ0) is 51.1. The summed E-state index contributed by atoms with van der Waals surface area (Å²) in [6.07, 6.45) is 6.03. The van der Waals surface area contributed by atoms with Crippen molar-refractivity contribution < 1.29 is 53.2 Å². The number of nitrogens with one attached hydrogen (secondary N) is 1. The molecular formula is C51H79BrF2MgN10O6S4. The molecule has 2 aliphatic rings. The fourth-order valence-electron chi connectivity index (χ4n) is 6.69. The molecule has 2 saturated heterocycles. The number of rotatable bonds is 9. The zero-order valence-electron chi connectivity index (χ0n) is 45.2. The van der Waals surface area contributed by atoms with Gasteiger partial charge in [0.25, 0.3) is 0 Å². The average molecular weight is 1200 g/mol. The number of piperazine rings is 2. The number of ether oxygens (including phenoxy) is 2. The summed E-state index contributed by atoms with van der Waals surface area (Å²) in [6.45, 7) is 28.5. The van der Waals surface area contributed by atoms with Crippen molar-refractivity contribution in [1.82, 2.24) is 34.5 Å². The summed E-state index contributed by atoms with van der Waals surface area (Å²) in [4.78, 5) is 50.1. The monoisotopic (exact) mass is 1200 g/mol.